The first-order chi connectivity index (χ1) is 14.0. The van der Waals surface area contributed by atoms with Gasteiger partial charge in [0.2, 0.25) is 0 Å². The molecular weight excluding hydrogens is 358 g/mol. The van der Waals surface area contributed by atoms with E-state index in [1.165, 1.54) is 5.56 Å². The number of carbonyl (C=O) groups is 1. The summed E-state index contributed by atoms with van der Waals surface area (Å²) < 4.78 is 0. The normalized spacial score (nSPS) is 10.9. The number of pyridine rings is 2. The summed E-state index contributed by atoms with van der Waals surface area (Å²) in [6, 6.07) is 19.9. The number of aromatic nitrogens is 2. The van der Waals surface area contributed by atoms with Crippen molar-refractivity contribution in [1.29, 1.82) is 0 Å². The van der Waals surface area contributed by atoms with Gasteiger partial charge >= 0.3 is 0 Å². The van der Waals surface area contributed by atoms with Crippen molar-refractivity contribution in [1.82, 2.24) is 9.97 Å². The average Bonchev–Trinajstić information content (AvgIpc) is 2.74. The van der Waals surface area contributed by atoms with Crippen LogP contribution in [-0.4, -0.2) is 15.9 Å². The van der Waals surface area contributed by atoms with Crippen molar-refractivity contribution < 1.29 is 4.79 Å². The standard InChI is InChI=1S/C25H23N3O/c1-4-18-7-9-19(10-8-18)23-14-21(20-13-16(2)5-11-22(20)27-23)25(29)28-24-12-6-17(3)15-26-24/h5-15H,4H2,1-3H3,(H,26,28,29). The Bertz CT molecular complexity index is 1180. The zero-order valence-electron chi connectivity index (χ0n) is 16.9. The number of hydrogen-bond acceptors (Lipinski definition) is 3. The van der Waals surface area contributed by atoms with Crippen LogP contribution in [0.1, 0.15) is 34.0 Å². The van der Waals surface area contributed by atoms with Crippen LogP contribution in [-0.2, 0) is 6.42 Å². The molecule has 0 bridgehead atoms. The van der Waals surface area contributed by atoms with Crippen molar-refractivity contribution in [3.05, 3.63) is 89.1 Å². The summed E-state index contributed by atoms with van der Waals surface area (Å²) in [5, 5.41) is 3.75. The molecule has 4 aromatic rings. The van der Waals surface area contributed by atoms with E-state index in [1.807, 2.05) is 50.2 Å². The summed E-state index contributed by atoms with van der Waals surface area (Å²) in [4.78, 5) is 22.2. The first-order valence-electron chi connectivity index (χ1n) is 9.78. The Morgan fingerprint density at radius 2 is 1.69 bits per heavy atom. The van der Waals surface area contributed by atoms with Gasteiger partial charge in [-0.15, -0.1) is 0 Å². The molecule has 0 saturated carbocycles. The molecule has 1 N–H and O–H groups in total. The minimum atomic E-state index is -0.189. The van der Waals surface area contributed by atoms with E-state index in [1.54, 1.807) is 6.20 Å². The number of anilines is 1. The molecule has 0 aliphatic rings. The second-order valence-corrected chi connectivity index (χ2v) is 7.30. The van der Waals surface area contributed by atoms with Gasteiger partial charge in [0.05, 0.1) is 16.8 Å². The van der Waals surface area contributed by atoms with E-state index >= 15 is 0 Å². The maximum atomic E-state index is 13.1. The van der Waals surface area contributed by atoms with Crippen LogP contribution in [0.5, 0.6) is 0 Å². The second-order valence-electron chi connectivity index (χ2n) is 7.30. The average molecular weight is 381 g/mol. The highest BCUT2D eigenvalue weighted by Crippen LogP contribution is 2.27. The quantitative estimate of drug-likeness (QED) is 0.491. The molecule has 2 aromatic heterocycles. The predicted molar refractivity (Wildman–Crippen MR) is 118 cm³/mol. The number of benzene rings is 2. The molecule has 29 heavy (non-hydrogen) atoms. The van der Waals surface area contributed by atoms with Gasteiger partial charge in [0.1, 0.15) is 5.82 Å². The monoisotopic (exact) mass is 381 g/mol. The lowest BCUT2D eigenvalue weighted by molar-refractivity contribution is 0.102. The number of fused-ring (bicyclic) bond motifs is 1. The number of hydrogen-bond donors (Lipinski definition) is 1. The fourth-order valence-electron chi connectivity index (χ4n) is 3.31. The molecule has 2 heterocycles. The topological polar surface area (TPSA) is 54.9 Å². The summed E-state index contributed by atoms with van der Waals surface area (Å²) >= 11 is 0. The molecule has 0 saturated heterocycles. The molecule has 0 aliphatic carbocycles. The van der Waals surface area contributed by atoms with E-state index < -0.39 is 0 Å². The largest absolute Gasteiger partial charge is 0.307 e. The number of nitrogens with one attached hydrogen (secondary N) is 1. The molecule has 0 spiro atoms. The minimum Gasteiger partial charge on any atom is -0.307 e. The molecule has 4 nitrogen and oxygen atoms in total. The Kier molecular flexibility index (Phi) is 5.09. The highest BCUT2D eigenvalue weighted by Gasteiger charge is 2.15. The first-order valence-corrected chi connectivity index (χ1v) is 9.78. The summed E-state index contributed by atoms with van der Waals surface area (Å²) in [6.45, 7) is 6.11. The summed E-state index contributed by atoms with van der Waals surface area (Å²) in [5.74, 6) is 0.345. The van der Waals surface area contributed by atoms with Gasteiger partial charge in [-0.1, -0.05) is 48.9 Å². The lowest BCUT2D eigenvalue weighted by atomic mass is 10.0. The molecule has 0 unspecified atom stereocenters. The Balaban J connectivity index is 1.80. The number of nitrogens with zero attached hydrogens (tertiary/aromatic N) is 2. The van der Waals surface area contributed by atoms with E-state index in [0.717, 1.165) is 39.7 Å². The molecule has 0 aliphatic heterocycles. The van der Waals surface area contributed by atoms with Gasteiger partial charge in [0.25, 0.3) is 5.91 Å². The third-order valence-corrected chi connectivity index (χ3v) is 5.02. The summed E-state index contributed by atoms with van der Waals surface area (Å²) in [6.07, 6.45) is 2.73. The van der Waals surface area contributed by atoms with E-state index in [0.29, 0.717) is 11.4 Å². The SMILES string of the molecule is CCc1ccc(-c2cc(C(=O)Nc3ccc(C)cn3)c3cc(C)ccc3n2)cc1. The summed E-state index contributed by atoms with van der Waals surface area (Å²) in [5.41, 5.74) is 6.57. The van der Waals surface area contributed by atoms with Crippen molar-refractivity contribution >= 4 is 22.6 Å². The van der Waals surface area contributed by atoms with E-state index in [9.17, 15) is 4.79 Å². The van der Waals surface area contributed by atoms with Crippen molar-refractivity contribution in [3.63, 3.8) is 0 Å². The fourth-order valence-corrected chi connectivity index (χ4v) is 3.31. The van der Waals surface area contributed by atoms with Gasteiger partial charge in [0, 0.05) is 17.1 Å². The third-order valence-electron chi connectivity index (χ3n) is 5.02. The van der Waals surface area contributed by atoms with Crippen LogP contribution in [0.25, 0.3) is 22.2 Å². The van der Waals surface area contributed by atoms with Gasteiger partial charge in [-0.25, -0.2) is 9.97 Å². The smallest absolute Gasteiger partial charge is 0.257 e. The molecule has 2 aromatic carbocycles. The van der Waals surface area contributed by atoms with Crippen LogP contribution in [0.2, 0.25) is 0 Å². The second kappa shape index (κ2) is 7.84. The molecule has 0 atom stereocenters. The third kappa shape index (κ3) is 4.02. The van der Waals surface area contributed by atoms with E-state index in [4.69, 9.17) is 4.98 Å². The Morgan fingerprint density at radius 3 is 2.38 bits per heavy atom. The fraction of sp³-hybridized carbons (Fsp3) is 0.160. The number of rotatable bonds is 4. The van der Waals surface area contributed by atoms with Gasteiger partial charge in [-0.2, -0.15) is 0 Å². The van der Waals surface area contributed by atoms with Gasteiger partial charge in [-0.3, -0.25) is 4.79 Å². The van der Waals surface area contributed by atoms with Gasteiger partial charge in [-0.05, 0) is 55.7 Å². The maximum absolute atomic E-state index is 13.1. The Hall–Kier alpha value is -3.53. The van der Waals surface area contributed by atoms with Crippen molar-refractivity contribution in [3.8, 4) is 11.3 Å². The molecule has 1 amide bonds. The van der Waals surface area contributed by atoms with Crippen molar-refractivity contribution in [2.45, 2.75) is 27.2 Å². The number of aryl methyl sites for hydroxylation is 3. The van der Waals surface area contributed by atoms with Crippen LogP contribution in [0, 0.1) is 13.8 Å². The molecular formula is C25H23N3O. The lowest BCUT2D eigenvalue weighted by Gasteiger charge is -2.11. The van der Waals surface area contributed by atoms with Crippen molar-refractivity contribution in [2.24, 2.45) is 0 Å². The van der Waals surface area contributed by atoms with Crippen molar-refractivity contribution in [2.75, 3.05) is 5.32 Å². The maximum Gasteiger partial charge on any atom is 0.257 e. The van der Waals surface area contributed by atoms with Crippen LogP contribution >= 0.6 is 0 Å². The molecule has 4 heteroatoms. The predicted octanol–water partition coefficient (Wildman–Crippen LogP) is 5.73. The molecule has 0 radical (unpaired) electrons. The summed E-state index contributed by atoms with van der Waals surface area (Å²) in [7, 11) is 0. The minimum absolute atomic E-state index is 0.189. The Labute approximate surface area is 170 Å². The lowest BCUT2D eigenvalue weighted by Crippen LogP contribution is -2.14. The van der Waals surface area contributed by atoms with Gasteiger partial charge in [0.15, 0.2) is 0 Å². The van der Waals surface area contributed by atoms with Crippen LogP contribution in [0.3, 0.4) is 0 Å². The highest BCUT2D eigenvalue weighted by molar-refractivity contribution is 6.13. The zero-order chi connectivity index (χ0) is 20.4. The van der Waals surface area contributed by atoms with Crippen LogP contribution in [0.15, 0.2) is 66.9 Å². The molecule has 4 rings (SSSR count). The van der Waals surface area contributed by atoms with Gasteiger partial charge < -0.3 is 5.32 Å². The van der Waals surface area contributed by atoms with Crippen LogP contribution < -0.4 is 5.32 Å². The number of amides is 1. The molecule has 144 valence electrons. The Morgan fingerprint density at radius 1 is 0.931 bits per heavy atom. The first kappa shape index (κ1) is 18.8. The zero-order valence-corrected chi connectivity index (χ0v) is 16.9. The molecule has 0 fully saturated rings. The van der Waals surface area contributed by atoms with E-state index in [-0.39, 0.29) is 5.91 Å². The number of carbonyl (C=O) groups excluding carboxylic acids is 1. The van der Waals surface area contributed by atoms with E-state index in [2.05, 4.69) is 41.5 Å². The highest BCUT2D eigenvalue weighted by atomic mass is 16.1. The van der Waals surface area contributed by atoms with Crippen LogP contribution in [0.4, 0.5) is 5.82 Å².